The highest BCUT2D eigenvalue weighted by Gasteiger charge is 2.21. The Labute approximate surface area is 95.1 Å². The van der Waals surface area contributed by atoms with Crippen molar-refractivity contribution in [1.29, 1.82) is 0 Å². The Morgan fingerprint density at radius 1 is 1.19 bits per heavy atom. The van der Waals surface area contributed by atoms with E-state index in [1.165, 1.54) is 0 Å². The van der Waals surface area contributed by atoms with Crippen molar-refractivity contribution < 1.29 is 20.1 Å². The Morgan fingerprint density at radius 3 is 2.31 bits per heavy atom. The van der Waals surface area contributed by atoms with Gasteiger partial charge in [0.1, 0.15) is 0 Å². The van der Waals surface area contributed by atoms with E-state index in [0.717, 1.165) is 5.56 Å². The number of aliphatic hydroxyl groups is 3. The SMILES string of the molecule is COCC(CCC(O)(O)O)c1ccccc1. The first-order chi connectivity index (χ1) is 7.53. The fourth-order valence-corrected chi connectivity index (χ4v) is 1.64. The lowest BCUT2D eigenvalue weighted by atomic mass is 9.94. The highest BCUT2D eigenvalue weighted by atomic mass is 16.7. The van der Waals surface area contributed by atoms with Crippen LogP contribution in [0.4, 0.5) is 0 Å². The molecule has 0 aliphatic heterocycles. The van der Waals surface area contributed by atoms with Gasteiger partial charge in [-0.2, -0.15) is 0 Å². The van der Waals surface area contributed by atoms with Gasteiger partial charge in [0.15, 0.2) is 0 Å². The molecule has 0 heterocycles. The molecule has 1 unspecified atom stereocenters. The van der Waals surface area contributed by atoms with Gasteiger partial charge < -0.3 is 20.1 Å². The molecule has 0 aromatic heterocycles. The summed E-state index contributed by atoms with van der Waals surface area (Å²) in [5.74, 6) is -2.54. The predicted molar refractivity (Wildman–Crippen MR) is 59.7 cm³/mol. The fourth-order valence-electron chi connectivity index (χ4n) is 1.64. The summed E-state index contributed by atoms with van der Waals surface area (Å²) < 4.78 is 5.08. The summed E-state index contributed by atoms with van der Waals surface area (Å²) in [5.41, 5.74) is 1.06. The van der Waals surface area contributed by atoms with Crippen molar-refractivity contribution in [3.8, 4) is 0 Å². The van der Waals surface area contributed by atoms with E-state index in [1.807, 2.05) is 30.3 Å². The number of benzene rings is 1. The van der Waals surface area contributed by atoms with E-state index >= 15 is 0 Å². The van der Waals surface area contributed by atoms with Crippen LogP contribution in [0.3, 0.4) is 0 Å². The molecule has 4 heteroatoms. The molecule has 3 N–H and O–H groups in total. The largest absolute Gasteiger partial charge is 0.384 e. The summed E-state index contributed by atoms with van der Waals surface area (Å²) in [6.45, 7) is 0.486. The van der Waals surface area contributed by atoms with E-state index in [2.05, 4.69) is 0 Å². The first-order valence-corrected chi connectivity index (χ1v) is 5.24. The second-order valence-electron chi connectivity index (χ2n) is 3.88. The third-order valence-electron chi connectivity index (χ3n) is 2.47. The molecule has 16 heavy (non-hydrogen) atoms. The highest BCUT2D eigenvalue weighted by Crippen LogP contribution is 2.23. The molecular weight excluding hydrogens is 208 g/mol. The van der Waals surface area contributed by atoms with Crippen molar-refractivity contribution in [1.82, 2.24) is 0 Å². The number of hydrogen-bond acceptors (Lipinski definition) is 4. The number of ether oxygens (including phenoxy) is 1. The first-order valence-electron chi connectivity index (χ1n) is 5.24. The van der Waals surface area contributed by atoms with E-state index in [0.29, 0.717) is 13.0 Å². The molecule has 0 saturated carbocycles. The van der Waals surface area contributed by atoms with Crippen LogP contribution in [0.5, 0.6) is 0 Å². The van der Waals surface area contributed by atoms with Gasteiger partial charge in [-0.25, -0.2) is 0 Å². The van der Waals surface area contributed by atoms with Crippen molar-refractivity contribution in [2.45, 2.75) is 24.7 Å². The molecule has 0 aliphatic rings. The lowest BCUT2D eigenvalue weighted by Gasteiger charge is -2.20. The zero-order chi connectivity index (χ0) is 12.0. The van der Waals surface area contributed by atoms with Crippen LogP contribution in [0, 0.1) is 0 Å². The Bertz CT molecular complexity index is 292. The zero-order valence-corrected chi connectivity index (χ0v) is 9.34. The van der Waals surface area contributed by atoms with Crippen molar-refractivity contribution in [3.63, 3.8) is 0 Å². The van der Waals surface area contributed by atoms with E-state index in [-0.39, 0.29) is 12.3 Å². The third kappa shape index (κ3) is 4.72. The summed E-state index contributed by atoms with van der Waals surface area (Å²) in [6.07, 6.45) is 0.345. The van der Waals surface area contributed by atoms with Gasteiger partial charge in [0, 0.05) is 19.4 Å². The van der Waals surface area contributed by atoms with E-state index < -0.39 is 5.97 Å². The second kappa shape index (κ2) is 5.96. The maximum absolute atomic E-state index is 8.85. The Hall–Kier alpha value is -0.940. The predicted octanol–water partition coefficient (Wildman–Crippen LogP) is 0.828. The average molecular weight is 226 g/mol. The van der Waals surface area contributed by atoms with E-state index in [9.17, 15) is 0 Å². The Balaban J connectivity index is 2.61. The highest BCUT2D eigenvalue weighted by molar-refractivity contribution is 5.19. The monoisotopic (exact) mass is 226 g/mol. The molecule has 0 saturated heterocycles. The molecular formula is C12H18O4. The average Bonchev–Trinajstić information content (AvgIpc) is 2.24. The zero-order valence-electron chi connectivity index (χ0n) is 9.34. The van der Waals surface area contributed by atoms with Crippen molar-refractivity contribution >= 4 is 0 Å². The van der Waals surface area contributed by atoms with Gasteiger partial charge in [-0.05, 0) is 12.0 Å². The number of hydrogen-bond donors (Lipinski definition) is 3. The molecule has 1 aromatic carbocycles. The van der Waals surface area contributed by atoms with Crippen LogP contribution in [0.25, 0.3) is 0 Å². The van der Waals surface area contributed by atoms with E-state index in [4.69, 9.17) is 20.1 Å². The summed E-state index contributed by atoms with van der Waals surface area (Å²) >= 11 is 0. The molecule has 0 fully saturated rings. The molecule has 0 radical (unpaired) electrons. The van der Waals surface area contributed by atoms with Gasteiger partial charge in [-0.3, -0.25) is 0 Å². The summed E-state index contributed by atoms with van der Waals surface area (Å²) in [6, 6.07) is 9.67. The summed E-state index contributed by atoms with van der Waals surface area (Å²) in [5, 5.41) is 26.6. The number of rotatable bonds is 6. The molecule has 0 bridgehead atoms. The standard InChI is InChI=1S/C12H18O4/c1-16-9-11(7-8-12(13,14)15)10-5-3-2-4-6-10/h2-6,11,13-15H,7-9H2,1H3. The van der Waals surface area contributed by atoms with Crippen LogP contribution in [-0.2, 0) is 4.74 Å². The van der Waals surface area contributed by atoms with Crippen LogP contribution < -0.4 is 0 Å². The van der Waals surface area contributed by atoms with Gasteiger partial charge in [0.25, 0.3) is 5.97 Å². The first kappa shape index (κ1) is 13.1. The molecule has 1 rings (SSSR count). The molecule has 0 aliphatic carbocycles. The molecule has 0 spiro atoms. The van der Waals surface area contributed by atoms with Crippen molar-refractivity contribution in [3.05, 3.63) is 35.9 Å². The maximum atomic E-state index is 8.85. The quantitative estimate of drug-likeness (QED) is 0.628. The van der Waals surface area contributed by atoms with Gasteiger partial charge in [0.2, 0.25) is 0 Å². The molecule has 90 valence electrons. The van der Waals surface area contributed by atoms with Gasteiger partial charge >= 0.3 is 0 Å². The van der Waals surface area contributed by atoms with Crippen LogP contribution >= 0.6 is 0 Å². The third-order valence-corrected chi connectivity index (χ3v) is 2.47. The normalized spacial score (nSPS) is 13.8. The van der Waals surface area contributed by atoms with Crippen LogP contribution in [-0.4, -0.2) is 35.0 Å². The van der Waals surface area contributed by atoms with E-state index in [1.54, 1.807) is 7.11 Å². The summed E-state index contributed by atoms with van der Waals surface area (Å²) in [4.78, 5) is 0. The minimum atomic E-state index is -2.60. The van der Waals surface area contributed by atoms with Gasteiger partial charge in [-0.1, -0.05) is 30.3 Å². The topological polar surface area (TPSA) is 69.9 Å². The van der Waals surface area contributed by atoms with Crippen LogP contribution in [0.2, 0.25) is 0 Å². The van der Waals surface area contributed by atoms with Crippen molar-refractivity contribution in [2.24, 2.45) is 0 Å². The van der Waals surface area contributed by atoms with Crippen molar-refractivity contribution in [2.75, 3.05) is 13.7 Å². The maximum Gasteiger partial charge on any atom is 0.275 e. The van der Waals surface area contributed by atoms with Gasteiger partial charge in [-0.15, -0.1) is 0 Å². The molecule has 0 amide bonds. The molecule has 4 nitrogen and oxygen atoms in total. The van der Waals surface area contributed by atoms with Crippen LogP contribution in [0.1, 0.15) is 24.3 Å². The smallest absolute Gasteiger partial charge is 0.275 e. The number of methoxy groups -OCH3 is 1. The molecule has 1 atom stereocenters. The Kier molecular flexibility index (Phi) is 4.89. The summed E-state index contributed by atoms with van der Waals surface area (Å²) in [7, 11) is 1.60. The second-order valence-corrected chi connectivity index (χ2v) is 3.88. The fraction of sp³-hybridized carbons (Fsp3) is 0.500. The lowest BCUT2D eigenvalue weighted by molar-refractivity contribution is -0.315. The Morgan fingerprint density at radius 2 is 1.81 bits per heavy atom. The minimum absolute atomic E-state index is 0.0528. The molecule has 1 aromatic rings. The minimum Gasteiger partial charge on any atom is -0.384 e. The van der Waals surface area contributed by atoms with Crippen LogP contribution in [0.15, 0.2) is 30.3 Å². The lowest BCUT2D eigenvalue weighted by Crippen LogP contribution is -2.28. The van der Waals surface area contributed by atoms with Gasteiger partial charge in [0.05, 0.1) is 6.61 Å².